The molecular weight excluding hydrogens is 450 g/mol. The number of aryl methyl sites for hydroxylation is 1. The van der Waals surface area contributed by atoms with Crippen molar-refractivity contribution in [1.82, 2.24) is 9.99 Å². The third kappa shape index (κ3) is 4.94. The average molecular weight is 465 g/mol. The van der Waals surface area contributed by atoms with E-state index in [-0.39, 0.29) is 10.8 Å². The molecule has 0 unspecified atom stereocenters. The van der Waals surface area contributed by atoms with Crippen LogP contribution in [-0.4, -0.2) is 16.7 Å². The molecule has 0 atom stereocenters. The molecular formula is C19H15BrClN3O2S. The topological polar surface area (TPSA) is 63.5 Å². The van der Waals surface area contributed by atoms with E-state index < -0.39 is 0 Å². The smallest absolute Gasteiger partial charge is 0.284 e. The van der Waals surface area contributed by atoms with E-state index in [2.05, 4.69) is 26.5 Å². The van der Waals surface area contributed by atoms with Crippen molar-refractivity contribution in [2.24, 2.45) is 5.10 Å². The fraction of sp³-hybridized carbons (Fsp3) is 0.105. The number of benzene rings is 2. The van der Waals surface area contributed by atoms with Crippen molar-refractivity contribution in [3.05, 3.63) is 89.4 Å². The molecule has 2 aromatic carbocycles. The highest BCUT2D eigenvalue weighted by atomic mass is 79.9. The number of carbonyl (C=O) groups is 1. The fourth-order valence-electron chi connectivity index (χ4n) is 2.31. The van der Waals surface area contributed by atoms with Crippen LogP contribution in [0, 0.1) is 6.92 Å². The molecule has 0 saturated heterocycles. The van der Waals surface area contributed by atoms with Crippen LogP contribution in [0.5, 0.6) is 0 Å². The quantitative estimate of drug-likeness (QED) is 0.448. The largest absolute Gasteiger partial charge is 0.309 e. The number of halogens is 2. The summed E-state index contributed by atoms with van der Waals surface area (Å²) in [6.07, 6.45) is 1.39. The third-order valence-electron chi connectivity index (χ3n) is 3.77. The van der Waals surface area contributed by atoms with Crippen LogP contribution in [-0.2, 0) is 6.54 Å². The van der Waals surface area contributed by atoms with Gasteiger partial charge in [0.15, 0.2) is 0 Å². The Hall–Kier alpha value is -2.22. The number of hydrogen-bond acceptors (Lipinski definition) is 4. The number of aromatic nitrogens is 1. The summed E-state index contributed by atoms with van der Waals surface area (Å²) in [7, 11) is 0. The van der Waals surface area contributed by atoms with Gasteiger partial charge in [-0.3, -0.25) is 14.2 Å². The first-order valence-corrected chi connectivity index (χ1v) is 9.96. The maximum absolute atomic E-state index is 12.2. The van der Waals surface area contributed by atoms with E-state index in [9.17, 15) is 9.59 Å². The van der Waals surface area contributed by atoms with Crippen LogP contribution in [0.4, 0.5) is 0 Å². The van der Waals surface area contributed by atoms with E-state index >= 15 is 0 Å². The first-order chi connectivity index (χ1) is 12.9. The Balaban J connectivity index is 1.71. The predicted octanol–water partition coefficient (Wildman–Crippen LogP) is 4.45. The molecule has 0 saturated carbocycles. The summed E-state index contributed by atoms with van der Waals surface area (Å²) in [6, 6.07) is 14.8. The summed E-state index contributed by atoms with van der Waals surface area (Å²) < 4.78 is 2.44. The molecule has 1 amide bonds. The average Bonchev–Trinajstić information content (AvgIpc) is 2.91. The Morgan fingerprint density at radius 1 is 1.22 bits per heavy atom. The number of hydrazone groups is 1. The Kier molecular flexibility index (Phi) is 6.26. The molecule has 0 radical (unpaired) electrons. The number of carbonyl (C=O) groups excluding carboxylic acids is 1. The summed E-state index contributed by atoms with van der Waals surface area (Å²) in [6.45, 7) is 2.31. The van der Waals surface area contributed by atoms with Crippen LogP contribution < -0.4 is 10.3 Å². The van der Waals surface area contributed by atoms with E-state index in [1.807, 2.05) is 43.3 Å². The van der Waals surface area contributed by atoms with Gasteiger partial charge in [-0.05, 0) is 36.8 Å². The van der Waals surface area contributed by atoms with Gasteiger partial charge in [-0.1, -0.05) is 68.7 Å². The molecule has 0 aliphatic rings. The number of hydrogen-bond donors (Lipinski definition) is 1. The van der Waals surface area contributed by atoms with E-state index in [0.29, 0.717) is 22.1 Å². The summed E-state index contributed by atoms with van der Waals surface area (Å²) in [5.74, 6) is -0.330. The Morgan fingerprint density at radius 3 is 2.56 bits per heavy atom. The van der Waals surface area contributed by atoms with Gasteiger partial charge in [0, 0.05) is 10.0 Å². The normalized spacial score (nSPS) is 11.1. The van der Waals surface area contributed by atoms with Crippen LogP contribution >= 0.6 is 38.9 Å². The van der Waals surface area contributed by atoms with Crippen molar-refractivity contribution in [3.8, 4) is 0 Å². The van der Waals surface area contributed by atoms with E-state index in [1.165, 1.54) is 10.8 Å². The molecule has 8 heteroatoms. The Morgan fingerprint density at radius 2 is 1.89 bits per heavy atom. The van der Waals surface area contributed by atoms with Crippen LogP contribution in [0.25, 0.3) is 0 Å². The second kappa shape index (κ2) is 8.65. The van der Waals surface area contributed by atoms with E-state index in [4.69, 9.17) is 11.6 Å². The Labute approximate surface area is 173 Å². The summed E-state index contributed by atoms with van der Waals surface area (Å²) in [4.78, 5) is 24.6. The van der Waals surface area contributed by atoms with Gasteiger partial charge >= 0.3 is 4.87 Å². The minimum Gasteiger partial charge on any atom is -0.284 e. The zero-order chi connectivity index (χ0) is 19.4. The molecule has 27 heavy (non-hydrogen) atoms. The minimum absolute atomic E-state index is 0.186. The molecule has 3 aromatic rings. The van der Waals surface area contributed by atoms with Gasteiger partial charge in [-0.25, -0.2) is 5.43 Å². The van der Waals surface area contributed by atoms with Crippen molar-refractivity contribution in [1.29, 1.82) is 0 Å². The van der Waals surface area contributed by atoms with Crippen LogP contribution in [0.2, 0.25) is 5.15 Å². The van der Waals surface area contributed by atoms with Gasteiger partial charge in [-0.2, -0.15) is 5.10 Å². The number of thiazole rings is 1. The van der Waals surface area contributed by atoms with Gasteiger partial charge in [0.25, 0.3) is 5.91 Å². The van der Waals surface area contributed by atoms with Crippen LogP contribution in [0.15, 0.2) is 62.9 Å². The van der Waals surface area contributed by atoms with Gasteiger partial charge in [-0.15, -0.1) is 0 Å². The van der Waals surface area contributed by atoms with Gasteiger partial charge < -0.3 is 0 Å². The highest BCUT2D eigenvalue weighted by Crippen LogP contribution is 2.19. The van der Waals surface area contributed by atoms with Crippen molar-refractivity contribution < 1.29 is 4.79 Å². The molecule has 0 spiro atoms. The number of rotatable bonds is 5. The second-order valence-electron chi connectivity index (χ2n) is 5.80. The van der Waals surface area contributed by atoms with Gasteiger partial charge in [0.05, 0.1) is 17.6 Å². The summed E-state index contributed by atoms with van der Waals surface area (Å²) >= 11 is 10.7. The monoisotopic (exact) mass is 463 g/mol. The van der Waals surface area contributed by atoms with Crippen molar-refractivity contribution in [2.75, 3.05) is 0 Å². The molecule has 1 aromatic heterocycles. The molecule has 0 aliphatic heterocycles. The molecule has 5 nitrogen and oxygen atoms in total. The molecule has 1 N–H and O–H groups in total. The molecule has 0 fully saturated rings. The van der Waals surface area contributed by atoms with Gasteiger partial charge in [0.2, 0.25) is 0 Å². The predicted molar refractivity (Wildman–Crippen MR) is 113 cm³/mol. The Bertz CT molecular complexity index is 1040. The second-order valence-corrected chi connectivity index (χ2v) is 8.07. The first kappa shape index (κ1) is 19.5. The highest BCUT2D eigenvalue weighted by Gasteiger charge is 2.12. The SMILES string of the molecule is Cc1ccc(C(=O)NN=Cc2sc(=O)n(Cc3ccc(Br)cc3)c2Cl)cc1. The lowest BCUT2D eigenvalue weighted by atomic mass is 10.1. The molecule has 3 rings (SSSR count). The maximum Gasteiger partial charge on any atom is 0.309 e. The molecule has 1 heterocycles. The lowest BCUT2D eigenvalue weighted by Crippen LogP contribution is -2.17. The summed E-state index contributed by atoms with van der Waals surface area (Å²) in [5.41, 5.74) is 4.97. The van der Waals surface area contributed by atoms with E-state index in [1.54, 1.807) is 12.1 Å². The zero-order valence-electron chi connectivity index (χ0n) is 14.3. The molecule has 138 valence electrons. The lowest BCUT2D eigenvalue weighted by Gasteiger charge is -2.04. The molecule has 0 bridgehead atoms. The number of nitrogens with zero attached hydrogens (tertiary/aromatic N) is 2. The van der Waals surface area contributed by atoms with Crippen LogP contribution in [0.3, 0.4) is 0 Å². The standard InChI is InChI=1S/C19H15BrClN3O2S/c1-12-2-6-14(7-3-12)18(25)23-22-10-16-17(21)24(19(26)27-16)11-13-4-8-15(20)9-5-13/h2-10H,11H2,1H3,(H,23,25). The first-order valence-electron chi connectivity index (χ1n) is 7.97. The molecule has 0 aliphatic carbocycles. The van der Waals surface area contributed by atoms with Crippen molar-refractivity contribution in [2.45, 2.75) is 13.5 Å². The lowest BCUT2D eigenvalue weighted by molar-refractivity contribution is 0.0955. The number of nitrogens with one attached hydrogen (secondary N) is 1. The third-order valence-corrected chi connectivity index (χ3v) is 5.74. The van der Waals surface area contributed by atoms with E-state index in [0.717, 1.165) is 26.9 Å². The number of amides is 1. The zero-order valence-corrected chi connectivity index (χ0v) is 17.4. The minimum atomic E-state index is -0.330. The van der Waals surface area contributed by atoms with Crippen molar-refractivity contribution >= 4 is 51.0 Å². The van der Waals surface area contributed by atoms with Gasteiger partial charge in [0.1, 0.15) is 5.15 Å². The fourth-order valence-corrected chi connectivity index (χ4v) is 3.68. The van der Waals surface area contributed by atoms with Crippen LogP contribution in [0.1, 0.15) is 26.4 Å². The maximum atomic E-state index is 12.2. The highest BCUT2D eigenvalue weighted by molar-refractivity contribution is 9.10. The van der Waals surface area contributed by atoms with Crippen molar-refractivity contribution in [3.63, 3.8) is 0 Å². The summed E-state index contributed by atoms with van der Waals surface area (Å²) in [5, 5.41) is 4.21.